The number of nitrogens with zero attached hydrogens (tertiary/aromatic N) is 1. The Balaban J connectivity index is 0.000000246. The van der Waals surface area contributed by atoms with Crippen molar-refractivity contribution < 1.29 is 22.4 Å². The molecule has 1 unspecified atom stereocenters. The van der Waals surface area contributed by atoms with Crippen molar-refractivity contribution in [1.29, 1.82) is 5.26 Å². The van der Waals surface area contributed by atoms with Gasteiger partial charge in [-0.2, -0.15) is 18.4 Å². The Kier molecular flexibility index (Phi) is 12.2. The summed E-state index contributed by atoms with van der Waals surface area (Å²) in [4.78, 5) is 12.0. The van der Waals surface area contributed by atoms with Gasteiger partial charge in [0.05, 0.1) is 28.4 Å². The molecule has 0 amide bonds. The monoisotopic (exact) mass is 620 g/mol. The van der Waals surface area contributed by atoms with Crippen LogP contribution in [-0.2, 0) is 16.9 Å². The van der Waals surface area contributed by atoms with E-state index in [1.54, 1.807) is 50.2 Å². The van der Waals surface area contributed by atoms with Crippen molar-refractivity contribution >= 4 is 11.5 Å². The van der Waals surface area contributed by atoms with E-state index in [-0.39, 0.29) is 17.9 Å². The maximum absolute atomic E-state index is 13.6. The number of benzene rings is 3. The van der Waals surface area contributed by atoms with Crippen LogP contribution in [0.4, 0.5) is 23.2 Å². The highest BCUT2D eigenvalue weighted by Crippen LogP contribution is 2.40. The van der Waals surface area contributed by atoms with Gasteiger partial charge in [-0.25, -0.2) is 4.39 Å². The molecule has 1 fully saturated rings. The van der Waals surface area contributed by atoms with Crippen LogP contribution in [0.2, 0.25) is 0 Å². The van der Waals surface area contributed by atoms with Crippen LogP contribution in [0.25, 0.3) is 0 Å². The first-order valence-corrected chi connectivity index (χ1v) is 14.9. The van der Waals surface area contributed by atoms with E-state index >= 15 is 0 Å². The largest absolute Gasteiger partial charge is 0.415 e. The Morgan fingerprint density at radius 1 is 1.09 bits per heavy atom. The molecule has 0 spiro atoms. The van der Waals surface area contributed by atoms with Crippen LogP contribution >= 0.6 is 0 Å². The number of alkyl halides is 3. The minimum absolute atomic E-state index is 0.127. The number of carbonyl (C=O) groups excluding carboxylic acids is 1. The Morgan fingerprint density at radius 2 is 1.78 bits per heavy atom. The average Bonchev–Trinajstić information content (AvgIpc) is 3.86. The predicted molar refractivity (Wildman–Crippen MR) is 170 cm³/mol. The summed E-state index contributed by atoms with van der Waals surface area (Å²) >= 11 is 0. The number of rotatable bonds is 12. The van der Waals surface area contributed by atoms with Crippen molar-refractivity contribution in [2.24, 2.45) is 17.4 Å². The molecule has 4 rings (SSSR count). The van der Waals surface area contributed by atoms with Gasteiger partial charge in [-0.05, 0) is 90.8 Å². The van der Waals surface area contributed by atoms with Gasteiger partial charge in [0.1, 0.15) is 5.82 Å². The molecular formula is C36H40F4N4O. The van der Waals surface area contributed by atoms with Gasteiger partial charge in [-0.3, -0.25) is 4.79 Å². The number of ketones is 1. The second kappa shape index (κ2) is 15.6. The van der Waals surface area contributed by atoms with Gasteiger partial charge in [-0.1, -0.05) is 62.7 Å². The first-order valence-electron chi connectivity index (χ1n) is 14.9. The number of nitrogens with one attached hydrogen (secondary N) is 1. The van der Waals surface area contributed by atoms with E-state index in [4.69, 9.17) is 16.7 Å². The van der Waals surface area contributed by atoms with Crippen LogP contribution in [0.5, 0.6) is 0 Å². The van der Waals surface area contributed by atoms with Crippen molar-refractivity contribution in [3.63, 3.8) is 0 Å². The van der Waals surface area contributed by atoms with Gasteiger partial charge in [0.25, 0.3) is 0 Å². The quantitative estimate of drug-likeness (QED) is 0.107. The zero-order chi connectivity index (χ0) is 33.2. The summed E-state index contributed by atoms with van der Waals surface area (Å²) < 4.78 is 51.5. The minimum Gasteiger partial charge on any atom is -0.353 e. The molecule has 0 heterocycles. The summed E-state index contributed by atoms with van der Waals surface area (Å²) in [6.07, 6.45) is 1.28. The molecule has 1 aliphatic rings. The van der Waals surface area contributed by atoms with E-state index in [9.17, 15) is 22.4 Å². The molecule has 45 heavy (non-hydrogen) atoms. The summed E-state index contributed by atoms with van der Waals surface area (Å²) in [6, 6.07) is 21.6. The lowest BCUT2D eigenvalue weighted by Crippen LogP contribution is -2.38. The first-order chi connectivity index (χ1) is 21.3. The zero-order valence-corrected chi connectivity index (χ0v) is 25.7. The first kappa shape index (κ1) is 35.2. The number of halogens is 4. The minimum atomic E-state index is -4.57. The molecule has 0 saturated heterocycles. The molecule has 0 radical (unpaired) electrons. The normalized spacial score (nSPS) is 14.4. The highest BCUT2D eigenvalue weighted by molar-refractivity contribution is 5.98. The third kappa shape index (κ3) is 10.1. The predicted octanol–water partition coefficient (Wildman–Crippen LogP) is 8.33. The summed E-state index contributed by atoms with van der Waals surface area (Å²) in [5.74, 6) is 0.147. The summed E-state index contributed by atoms with van der Waals surface area (Å²) in [6.45, 7) is 6.81. The van der Waals surface area contributed by atoms with Gasteiger partial charge in [0, 0.05) is 18.7 Å². The molecule has 1 atom stereocenters. The lowest BCUT2D eigenvalue weighted by atomic mass is 9.78. The standard InChI is InChI=1S/C20H21FN2.C16H19F3N2O/c1-14-11-18(7-8-19(14)21)20(23,10-9-15-5-6-15)17-4-2-3-16(12-17)13-22;1-3-5-15(22)14(8-11(2)16(17,18)19)21-13-7-4-6-12(9-13)10-20/h2-4,7-8,11-12,15H,5-6,9-10,23H2,1H3;4,6-9,21H,2-3,5,10,20H2,1H3/b;14-8-. The van der Waals surface area contributed by atoms with Crippen molar-refractivity contribution in [2.45, 2.75) is 70.6 Å². The molecule has 238 valence electrons. The molecule has 3 aromatic carbocycles. The molecule has 0 aliphatic heterocycles. The van der Waals surface area contributed by atoms with E-state index in [0.717, 1.165) is 41.5 Å². The zero-order valence-electron chi connectivity index (χ0n) is 25.7. The SMILES string of the molecule is C=C(/C=C(\Nc1cccc(CN)c1)C(=O)CCC)C(F)(F)F.Cc1cc(C(N)(CCC2CC2)c2cccc(C#N)c2)ccc1F. The lowest BCUT2D eigenvalue weighted by Gasteiger charge is -2.31. The Bertz CT molecular complexity index is 1570. The summed E-state index contributed by atoms with van der Waals surface area (Å²) in [5, 5.41) is 11.9. The van der Waals surface area contributed by atoms with Crippen LogP contribution in [-0.4, -0.2) is 12.0 Å². The fraction of sp³-hybridized carbons (Fsp3) is 0.333. The number of hydrogen-bond acceptors (Lipinski definition) is 5. The number of nitriles is 1. The fourth-order valence-electron chi connectivity index (χ4n) is 4.82. The van der Waals surface area contributed by atoms with Crippen molar-refractivity contribution in [3.8, 4) is 6.07 Å². The molecule has 9 heteroatoms. The number of allylic oxidation sites excluding steroid dienone is 3. The van der Waals surface area contributed by atoms with Crippen LogP contribution in [0.15, 0.2) is 90.7 Å². The smallest absolute Gasteiger partial charge is 0.353 e. The molecule has 1 aliphatic carbocycles. The molecule has 5 N–H and O–H groups in total. The van der Waals surface area contributed by atoms with Gasteiger partial charge >= 0.3 is 6.18 Å². The maximum Gasteiger partial charge on any atom is 0.415 e. The molecule has 0 bridgehead atoms. The Hall–Kier alpha value is -4.26. The van der Waals surface area contributed by atoms with Gasteiger partial charge in [0.15, 0.2) is 5.78 Å². The topological polar surface area (TPSA) is 105 Å². The molecular weight excluding hydrogens is 580 g/mol. The van der Waals surface area contributed by atoms with Crippen molar-refractivity contribution in [3.05, 3.63) is 124 Å². The second-order valence-corrected chi connectivity index (χ2v) is 11.4. The van der Waals surface area contributed by atoms with Gasteiger partial charge in [0.2, 0.25) is 0 Å². The van der Waals surface area contributed by atoms with Gasteiger partial charge in [-0.15, -0.1) is 0 Å². The number of aryl methyl sites for hydroxylation is 1. The van der Waals surface area contributed by atoms with Crippen molar-refractivity contribution in [2.75, 3.05) is 5.32 Å². The van der Waals surface area contributed by atoms with Crippen LogP contribution in [0.1, 0.15) is 73.3 Å². The van der Waals surface area contributed by atoms with E-state index in [1.807, 2.05) is 24.3 Å². The highest BCUT2D eigenvalue weighted by atomic mass is 19.4. The second-order valence-electron chi connectivity index (χ2n) is 11.4. The maximum atomic E-state index is 13.6. The van der Waals surface area contributed by atoms with Crippen LogP contribution in [0.3, 0.4) is 0 Å². The van der Waals surface area contributed by atoms with E-state index in [1.165, 1.54) is 18.9 Å². The molecule has 1 saturated carbocycles. The molecule has 3 aromatic rings. The highest BCUT2D eigenvalue weighted by Gasteiger charge is 2.33. The van der Waals surface area contributed by atoms with E-state index in [0.29, 0.717) is 29.8 Å². The number of nitrogens with two attached hydrogens (primary N) is 2. The average molecular weight is 621 g/mol. The summed E-state index contributed by atoms with van der Waals surface area (Å²) in [5.41, 5.74) is 14.8. The van der Waals surface area contributed by atoms with Crippen LogP contribution in [0, 0.1) is 30.0 Å². The number of hydrogen-bond donors (Lipinski definition) is 3. The number of Topliss-reactive ketones (excluding diaryl/α,β-unsaturated/α-hetero) is 1. The van der Waals surface area contributed by atoms with E-state index < -0.39 is 23.1 Å². The molecule has 5 nitrogen and oxygen atoms in total. The van der Waals surface area contributed by atoms with E-state index in [2.05, 4.69) is 18.0 Å². The Morgan fingerprint density at radius 3 is 2.38 bits per heavy atom. The number of anilines is 1. The molecule has 0 aromatic heterocycles. The number of carbonyl (C=O) groups is 1. The Labute approximate surface area is 262 Å². The summed E-state index contributed by atoms with van der Waals surface area (Å²) in [7, 11) is 0. The fourth-order valence-corrected chi connectivity index (χ4v) is 4.82. The van der Waals surface area contributed by atoms with Crippen molar-refractivity contribution in [1.82, 2.24) is 0 Å². The lowest BCUT2D eigenvalue weighted by molar-refractivity contribution is -0.115. The van der Waals surface area contributed by atoms with Crippen LogP contribution < -0.4 is 16.8 Å². The third-order valence-electron chi connectivity index (χ3n) is 7.73. The van der Waals surface area contributed by atoms with Gasteiger partial charge < -0.3 is 16.8 Å². The third-order valence-corrected chi connectivity index (χ3v) is 7.73.